The molecule has 2 atom stereocenters. The smallest absolute Gasteiger partial charge is 0.241 e. The van der Waals surface area contributed by atoms with Crippen LogP contribution in [0.4, 0.5) is 33.3 Å². The van der Waals surface area contributed by atoms with E-state index in [1.807, 2.05) is 16.9 Å². The fourth-order valence-electron chi connectivity index (χ4n) is 10.2. The molecule has 1 aliphatic heterocycles. The first-order valence-corrected chi connectivity index (χ1v) is 24.8. The Labute approximate surface area is 379 Å². The number of rotatable bonds is 20. The van der Waals surface area contributed by atoms with E-state index in [4.69, 9.17) is 24.9 Å². The molecule has 3 aliphatic rings. The van der Waals surface area contributed by atoms with Gasteiger partial charge < -0.3 is 36.0 Å². The van der Waals surface area contributed by atoms with Crippen molar-refractivity contribution in [3.63, 3.8) is 0 Å². The lowest BCUT2D eigenvalue weighted by atomic mass is 9.85. The molecule has 1 saturated heterocycles. The van der Waals surface area contributed by atoms with Crippen molar-refractivity contribution in [3.05, 3.63) is 59.9 Å². The maximum atomic E-state index is 15.0. The lowest BCUT2D eigenvalue weighted by molar-refractivity contribution is 0.121. The summed E-state index contributed by atoms with van der Waals surface area (Å²) in [5.74, 6) is 1.98. The Hall–Kier alpha value is -4.69. The van der Waals surface area contributed by atoms with Gasteiger partial charge in [-0.1, -0.05) is 52.4 Å². The van der Waals surface area contributed by atoms with Crippen molar-refractivity contribution < 1.29 is 14.2 Å². The first kappa shape index (κ1) is 45.9. The number of fused-ring (bicyclic) bond motifs is 2. The average Bonchev–Trinajstić information content (AvgIpc) is 3.83. The lowest BCUT2D eigenvalue weighted by Gasteiger charge is -2.30. The number of halogens is 1. The molecule has 5 heterocycles. The molecular formula is C50H74FN11O2. The molecule has 1 aromatic carbocycles. The van der Waals surface area contributed by atoms with Crippen molar-refractivity contribution in [2.24, 2.45) is 0 Å². The fourth-order valence-corrected chi connectivity index (χ4v) is 10.2. The van der Waals surface area contributed by atoms with Crippen LogP contribution in [-0.2, 0) is 0 Å². The van der Waals surface area contributed by atoms with Gasteiger partial charge in [-0.25, -0.2) is 23.4 Å². The van der Waals surface area contributed by atoms with Gasteiger partial charge in [-0.3, -0.25) is 0 Å². The average molecular weight is 880 g/mol. The summed E-state index contributed by atoms with van der Waals surface area (Å²) in [5.41, 5.74) is 6.82. The summed E-state index contributed by atoms with van der Waals surface area (Å²) in [6, 6.07) is 10.2. The van der Waals surface area contributed by atoms with Crippen molar-refractivity contribution in [1.29, 1.82) is 0 Å². The van der Waals surface area contributed by atoms with Gasteiger partial charge in [-0.15, -0.1) is 10.2 Å². The molecule has 8 rings (SSSR count). The number of aromatic nitrogens is 6. The normalized spacial score (nSPS) is 22.1. The Balaban J connectivity index is 0.990. The van der Waals surface area contributed by atoms with Gasteiger partial charge in [0.1, 0.15) is 22.6 Å². The van der Waals surface area contributed by atoms with Crippen LogP contribution in [0, 0.1) is 5.82 Å². The Morgan fingerprint density at radius 3 is 1.83 bits per heavy atom. The molecule has 5 aromatic rings. The van der Waals surface area contributed by atoms with Gasteiger partial charge in [0.15, 0.2) is 0 Å². The number of anilines is 5. The van der Waals surface area contributed by atoms with E-state index in [2.05, 4.69) is 77.6 Å². The number of likely N-dealkylation sites (tertiary alicyclic amines) is 1. The minimum Gasteiger partial charge on any atom is -0.488 e. The van der Waals surface area contributed by atoms with Crippen LogP contribution in [0.15, 0.2) is 42.7 Å². The second-order valence-electron chi connectivity index (χ2n) is 19.4. The van der Waals surface area contributed by atoms with Gasteiger partial charge in [0, 0.05) is 47.4 Å². The number of aliphatic hydroxyl groups is 1. The van der Waals surface area contributed by atoms with Crippen molar-refractivity contribution in [1.82, 2.24) is 34.1 Å². The van der Waals surface area contributed by atoms with Crippen LogP contribution >= 0.6 is 0 Å². The van der Waals surface area contributed by atoms with Gasteiger partial charge >= 0.3 is 0 Å². The molecule has 2 saturated carbocycles. The molecule has 14 heteroatoms. The summed E-state index contributed by atoms with van der Waals surface area (Å²) in [5, 5.41) is 35.1. The number of hydrogen-bond donors (Lipinski definition) is 5. The van der Waals surface area contributed by atoms with Crippen LogP contribution in [0.1, 0.15) is 166 Å². The number of nitrogens with one attached hydrogen (secondary N) is 4. The maximum absolute atomic E-state index is 15.0. The van der Waals surface area contributed by atoms with Crippen LogP contribution in [0.2, 0.25) is 0 Å². The van der Waals surface area contributed by atoms with E-state index in [1.54, 1.807) is 6.07 Å². The molecule has 13 nitrogen and oxygen atoms in total. The van der Waals surface area contributed by atoms with E-state index >= 15 is 4.39 Å². The van der Waals surface area contributed by atoms with Crippen molar-refractivity contribution in [2.75, 3.05) is 41.4 Å². The highest BCUT2D eigenvalue weighted by Gasteiger charge is 2.30. The van der Waals surface area contributed by atoms with Gasteiger partial charge in [0.25, 0.3) is 0 Å². The van der Waals surface area contributed by atoms with Crippen LogP contribution in [0.25, 0.3) is 11.0 Å². The number of benzene rings is 1. The molecule has 348 valence electrons. The number of nitrogens with zero attached hydrogens (tertiary/aromatic N) is 7. The molecule has 64 heavy (non-hydrogen) atoms. The van der Waals surface area contributed by atoms with E-state index in [-0.39, 0.29) is 36.0 Å². The third kappa shape index (κ3) is 11.4. The molecule has 0 radical (unpaired) electrons. The number of hydrogen-bond acceptors (Lipinski definition) is 11. The van der Waals surface area contributed by atoms with Gasteiger partial charge in [0.2, 0.25) is 11.9 Å². The van der Waals surface area contributed by atoms with E-state index in [0.29, 0.717) is 35.3 Å². The zero-order valence-corrected chi connectivity index (χ0v) is 39.1. The summed E-state index contributed by atoms with van der Waals surface area (Å²) in [7, 11) is 2.20. The minimum absolute atomic E-state index is 0.0660. The number of ether oxygens (including phenoxy) is 1. The second kappa shape index (κ2) is 21.5. The summed E-state index contributed by atoms with van der Waals surface area (Å²) in [6.07, 6.45) is 21.9. The lowest BCUT2D eigenvalue weighted by Crippen LogP contribution is -2.36. The van der Waals surface area contributed by atoms with Gasteiger partial charge in [-0.05, 0) is 135 Å². The fraction of sp³-hybridized carbons (Fsp3) is 0.640. The van der Waals surface area contributed by atoms with Gasteiger partial charge in [-0.2, -0.15) is 0 Å². The van der Waals surface area contributed by atoms with Crippen molar-refractivity contribution >= 4 is 40.0 Å². The second-order valence-corrected chi connectivity index (χ2v) is 19.4. The summed E-state index contributed by atoms with van der Waals surface area (Å²) >= 11 is 0. The summed E-state index contributed by atoms with van der Waals surface area (Å²) in [4.78, 5) is 12.0. The Morgan fingerprint density at radius 2 is 1.25 bits per heavy atom. The predicted octanol–water partition coefficient (Wildman–Crippen LogP) is 11.0. The number of aliphatic hydroxyl groups excluding tert-OH is 1. The third-order valence-electron chi connectivity index (χ3n) is 14.1. The van der Waals surface area contributed by atoms with Crippen molar-refractivity contribution in [3.8, 4) is 5.75 Å². The molecule has 0 bridgehead atoms. The molecular weight excluding hydrogens is 806 g/mol. The first-order valence-electron chi connectivity index (χ1n) is 24.8. The topological polar surface area (TPSA) is 141 Å². The third-order valence-corrected chi connectivity index (χ3v) is 14.1. The number of piperidine rings is 1. The molecule has 0 spiro atoms. The largest absolute Gasteiger partial charge is 0.488 e. The molecule has 3 fully saturated rings. The quantitative estimate of drug-likeness (QED) is 0.0477. The standard InChI is InChI=1S/C50H74FN11O2/c1-6-8-10-12-33(3)54-49-52-31-46-42(56-38-24-26-60(5)27-25-38)29-44(61(46)58-49)36-16-21-40(22-17-36)64-48-28-37(51)18-23-41(48)57-43-30-45(35-14-19-39(63)20-15-35)62-47(43)32-53-50(59-62)55-34(4)13-11-9-7-2/h18,23,28-36,38-40,56-57,63H,6-17,19-22,24-27H2,1-5H3,(H,54,58)(H,55,59)/t33-,34-,35?,36?,39?,40?/m0/s1. The SMILES string of the molecule is CCCCC[C@H](C)Nc1ncc2c(Nc3ccc(F)cc3OC3CCC(c4cc(NC5CCN(C)CC5)c5cnc(N[C@@H](C)CCCCC)nn45)CC3)cc(C3CCC(O)CC3)n2n1. The monoisotopic (exact) mass is 880 g/mol. The predicted molar refractivity (Wildman–Crippen MR) is 257 cm³/mol. The highest BCUT2D eigenvalue weighted by molar-refractivity contribution is 5.80. The highest BCUT2D eigenvalue weighted by atomic mass is 19.1. The van der Waals surface area contributed by atoms with Crippen molar-refractivity contribution in [2.45, 2.75) is 185 Å². The van der Waals surface area contributed by atoms with Crippen LogP contribution in [0.5, 0.6) is 5.75 Å². The summed E-state index contributed by atoms with van der Waals surface area (Å²) < 4.78 is 25.9. The maximum Gasteiger partial charge on any atom is 0.241 e. The Morgan fingerprint density at radius 1 is 0.703 bits per heavy atom. The van der Waals surface area contributed by atoms with Crippen LogP contribution in [0.3, 0.4) is 0 Å². The highest BCUT2D eigenvalue weighted by Crippen LogP contribution is 2.41. The van der Waals surface area contributed by atoms with Gasteiger partial charge in [0.05, 0.1) is 41.7 Å². The van der Waals surface area contributed by atoms with E-state index < -0.39 is 0 Å². The zero-order valence-electron chi connectivity index (χ0n) is 39.1. The zero-order chi connectivity index (χ0) is 44.6. The Bertz CT molecular complexity index is 2260. The van der Waals surface area contributed by atoms with E-state index in [0.717, 1.165) is 125 Å². The van der Waals surface area contributed by atoms with E-state index in [9.17, 15) is 5.11 Å². The van der Waals surface area contributed by atoms with Crippen LogP contribution < -0.4 is 26.0 Å². The molecule has 4 aromatic heterocycles. The van der Waals surface area contributed by atoms with Crippen LogP contribution in [-0.4, -0.2) is 89.7 Å². The molecule has 5 N–H and O–H groups in total. The molecule has 0 unspecified atom stereocenters. The Kier molecular flexibility index (Phi) is 15.4. The first-order chi connectivity index (χ1) is 31.1. The molecule has 0 amide bonds. The number of unbranched alkanes of at least 4 members (excludes halogenated alkanes) is 4. The van der Waals surface area contributed by atoms with E-state index in [1.165, 1.54) is 49.9 Å². The summed E-state index contributed by atoms with van der Waals surface area (Å²) in [6.45, 7) is 11.0. The minimum atomic E-state index is -0.336. The molecule has 2 aliphatic carbocycles.